The van der Waals surface area contributed by atoms with Crippen LogP contribution in [0.5, 0.6) is 11.5 Å². The number of imidazole rings is 1. The zero-order valence-corrected chi connectivity index (χ0v) is 19.0. The van der Waals surface area contributed by atoms with Gasteiger partial charge in [0.05, 0.1) is 18.3 Å². The first-order chi connectivity index (χ1) is 14.1. The third kappa shape index (κ3) is 5.61. The van der Waals surface area contributed by atoms with Crippen LogP contribution < -0.4 is 20.5 Å². The smallest absolute Gasteiger partial charge is 0.244 e. The van der Waals surface area contributed by atoms with E-state index in [2.05, 4.69) is 10.3 Å². The summed E-state index contributed by atoms with van der Waals surface area (Å²) in [5, 5.41) is 2.94. The molecule has 1 fully saturated rings. The molecule has 3 aromatic rings. The summed E-state index contributed by atoms with van der Waals surface area (Å²) < 4.78 is 13.3. The van der Waals surface area contributed by atoms with Gasteiger partial charge in [-0.05, 0) is 37.1 Å². The number of hydrogen-bond acceptors (Lipinski definition) is 5. The summed E-state index contributed by atoms with van der Waals surface area (Å²) in [6, 6.07) is 11.2. The Balaban J connectivity index is 0.00000171. The lowest BCUT2D eigenvalue weighted by Crippen LogP contribution is -2.52. The van der Waals surface area contributed by atoms with Gasteiger partial charge in [-0.1, -0.05) is 25.3 Å². The fourth-order valence-electron chi connectivity index (χ4n) is 3.74. The first kappa shape index (κ1) is 24.8. The van der Waals surface area contributed by atoms with Gasteiger partial charge < -0.3 is 24.9 Å². The number of hydrogen-bond donors (Lipinski definition) is 2. The number of nitrogens with zero attached hydrogens (tertiary/aromatic N) is 2. The molecule has 31 heavy (non-hydrogen) atoms. The average Bonchev–Trinajstić information content (AvgIpc) is 3.16. The van der Waals surface area contributed by atoms with Crippen LogP contribution in [0, 0.1) is 0 Å². The summed E-state index contributed by atoms with van der Waals surface area (Å²) >= 11 is 0. The largest absolute Gasteiger partial charge is 0.493 e. The van der Waals surface area contributed by atoms with Crippen molar-refractivity contribution in [3.05, 3.63) is 54.5 Å². The molecule has 168 valence electrons. The van der Waals surface area contributed by atoms with Crippen LogP contribution >= 0.6 is 24.8 Å². The van der Waals surface area contributed by atoms with E-state index in [9.17, 15) is 4.79 Å². The highest BCUT2D eigenvalue weighted by molar-refractivity contribution is 5.98. The van der Waals surface area contributed by atoms with Crippen molar-refractivity contribution in [3.8, 4) is 11.5 Å². The third-order valence-corrected chi connectivity index (χ3v) is 5.41. The van der Waals surface area contributed by atoms with E-state index < -0.39 is 5.54 Å². The van der Waals surface area contributed by atoms with Crippen LogP contribution in [0.15, 0.2) is 48.8 Å². The fraction of sp³-hybridized carbons (Fsp3) is 0.364. The minimum absolute atomic E-state index is 0. The Bertz CT molecular complexity index is 986. The topological polar surface area (TPSA) is 90.9 Å². The standard InChI is InChI=1S/C22H26N4O3.2ClH/c1-28-18-9-8-16(25-21(27)22(23)10-4-2-5-11-22)13-19(18)29-15-17-14-26-12-6-3-7-20(26)24-17;;/h3,6-9,12-14H,2,4-5,10-11,15,23H2,1H3,(H,25,27);2*1H. The SMILES string of the molecule is COc1ccc(NC(=O)C2(N)CCCCC2)cc1OCc1cn2ccccc2n1.Cl.Cl. The third-order valence-electron chi connectivity index (χ3n) is 5.41. The van der Waals surface area contributed by atoms with Crippen molar-refractivity contribution >= 4 is 42.1 Å². The van der Waals surface area contributed by atoms with Crippen molar-refractivity contribution in [2.45, 2.75) is 44.2 Å². The van der Waals surface area contributed by atoms with Crippen LogP contribution in [0.3, 0.4) is 0 Å². The molecule has 0 bridgehead atoms. The van der Waals surface area contributed by atoms with Crippen molar-refractivity contribution in [3.63, 3.8) is 0 Å². The lowest BCUT2D eigenvalue weighted by molar-refractivity contribution is -0.122. The number of ether oxygens (including phenoxy) is 2. The van der Waals surface area contributed by atoms with E-state index in [1.54, 1.807) is 25.3 Å². The van der Waals surface area contributed by atoms with Crippen molar-refractivity contribution in [1.29, 1.82) is 0 Å². The Morgan fingerprint density at radius 2 is 1.94 bits per heavy atom. The highest BCUT2D eigenvalue weighted by atomic mass is 35.5. The highest BCUT2D eigenvalue weighted by Gasteiger charge is 2.35. The maximum Gasteiger partial charge on any atom is 0.244 e. The monoisotopic (exact) mass is 466 g/mol. The normalized spacial score (nSPS) is 14.8. The van der Waals surface area contributed by atoms with Crippen LogP contribution in [0.4, 0.5) is 5.69 Å². The van der Waals surface area contributed by atoms with Crippen LogP contribution in [0.2, 0.25) is 0 Å². The summed E-state index contributed by atoms with van der Waals surface area (Å²) in [5.41, 5.74) is 7.84. The summed E-state index contributed by atoms with van der Waals surface area (Å²) in [4.78, 5) is 17.2. The predicted molar refractivity (Wildman–Crippen MR) is 126 cm³/mol. The number of anilines is 1. The molecule has 9 heteroatoms. The number of nitrogens with two attached hydrogens (primary N) is 1. The van der Waals surface area contributed by atoms with Crippen LogP contribution in [-0.2, 0) is 11.4 Å². The van der Waals surface area contributed by atoms with Gasteiger partial charge in [-0.25, -0.2) is 4.98 Å². The number of benzene rings is 1. The zero-order valence-electron chi connectivity index (χ0n) is 17.4. The molecule has 3 N–H and O–H groups in total. The molecule has 7 nitrogen and oxygen atoms in total. The van der Waals surface area contributed by atoms with Gasteiger partial charge in [0, 0.05) is 24.1 Å². The van der Waals surface area contributed by atoms with Gasteiger partial charge in [0.25, 0.3) is 0 Å². The predicted octanol–water partition coefficient (Wildman–Crippen LogP) is 4.37. The number of pyridine rings is 1. The number of nitrogens with one attached hydrogen (secondary N) is 1. The lowest BCUT2D eigenvalue weighted by Gasteiger charge is -2.31. The van der Waals surface area contributed by atoms with E-state index in [0.29, 0.717) is 30.0 Å². The molecule has 2 aromatic heterocycles. The molecule has 0 radical (unpaired) electrons. The van der Waals surface area contributed by atoms with Gasteiger partial charge in [0.2, 0.25) is 5.91 Å². The van der Waals surface area contributed by atoms with Crippen molar-refractivity contribution in [2.75, 3.05) is 12.4 Å². The van der Waals surface area contributed by atoms with Crippen LogP contribution in [0.25, 0.3) is 5.65 Å². The van der Waals surface area contributed by atoms with E-state index >= 15 is 0 Å². The van der Waals surface area contributed by atoms with Crippen LogP contribution in [0.1, 0.15) is 37.8 Å². The fourth-order valence-corrected chi connectivity index (χ4v) is 3.74. The Kier molecular flexibility index (Phi) is 8.56. The molecule has 4 rings (SSSR count). The van der Waals surface area contributed by atoms with E-state index in [-0.39, 0.29) is 37.3 Å². The molecule has 1 aliphatic carbocycles. The Morgan fingerprint density at radius 3 is 2.65 bits per heavy atom. The minimum Gasteiger partial charge on any atom is -0.493 e. The van der Waals surface area contributed by atoms with Crippen molar-refractivity contribution in [1.82, 2.24) is 9.38 Å². The zero-order chi connectivity index (χ0) is 20.3. The Morgan fingerprint density at radius 1 is 1.16 bits per heavy atom. The Labute approximate surface area is 194 Å². The molecule has 1 aliphatic rings. The van der Waals surface area contributed by atoms with Crippen LogP contribution in [-0.4, -0.2) is 27.9 Å². The van der Waals surface area contributed by atoms with Crippen molar-refractivity contribution in [2.24, 2.45) is 5.73 Å². The summed E-state index contributed by atoms with van der Waals surface area (Å²) in [5.74, 6) is 0.984. The molecule has 1 amide bonds. The highest BCUT2D eigenvalue weighted by Crippen LogP contribution is 2.32. The Hall–Kier alpha value is -2.48. The van der Waals surface area contributed by atoms with E-state index in [0.717, 1.165) is 30.6 Å². The number of fused-ring (bicyclic) bond motifs is 1. The maximum absolute atomic E-state index is 12.7. The van der Waals surface area contributed by atoms with Gasteiger partial charge in [-0.15, -0.1) is 24.8 Å². The molecular weight excluding hydrogens is 439 g/mol. The van der Waals surface area contributed by atoms with E-state index in [1.165, 1.54) is 0 Å². The molecule has 0 spiro atoms. The van der Waals surface area contributed by atoms with Gasteiger partial charge in [-0.3, -0.25) is 4.79 Å². The summed E-state index contributed by atoms with van der Waals surface area (Å²) in [6.45, 7) is 0.288. The number of amides is 1. The van der Waals surface area contributed by atoms with Gasteiger partial charge in [-0.2, -0.15) is 0 Å². The number of methoxy groups -OCH3 is 1. The van der Waals surface area contributed by atoms with E-state index in [1.807, 2.05) is 35.0 Å². The molecule has 0 aliphatic heterocycles. The lowest BCUT2D eigenvalue weighted by atomic mass is 9.82. The first-order valence-corrected chi connectivity index (χ1v) is 9.91. The second kappa shape index (κ2) is 10.7. The number of carbonyl (C=O) groups is 1. The van der Waals surface area contributed by atoms with Gasteiger partial charge in [0.1, 0.15) is 12.3 Å². The minimum atomic E-state index is -0.796. The van der Waals surface area contributed by atoms with Gasteiger partial charge >= 0.3 is 0 Å². The molecule has 0 saturated heterocycles. The molecule has 1 saturated carbocycles. The average molecular weight is 467 g/mol. The molecule has 0 unspecified atom stereocenters. The quantitative estimate of drug-likeness (QED) is 0.562. The van der Waals surface area contributed by atoms with E-state index in [4.69, 9.17) is 15.2 Å². The number of halogens is 2. The van der Waals surface area contributed by atoms with Gasteiger partial charge in [0.15, 0.2) is 11.5 Å². The first-order valence-electron chi connectivity index (χ1n) is 9.91. The maximum atomic E-state index is 12.7. The molecule has 1 aromatic carbocycles. The second-order valence-corrected chi connectivity index (χ2v) is 7.52. The van der Waals surface area contributed by atoms with Crippen molar-refractivity contribution < 1.29 is 14.3 Å². The number of rotatable bonds is 6. The molecule has 0 atom stereocenters. The molecular formula is C22H28Cl2N4O3. The summed E-state index contributed by atoms with van der Waals surface area (Å²) in [7, 11) is 1.59. The molecule has 2 heterocycles. The number of carbonyl (C=O) groups excluding carboxylic acids is 1. The summed E-state index contributed by atoms with van der Waals surface area (Å²) in [6.07, 6.45) is 8.40. The number of aromatic nitrogens is 2. The second-order valence-electron chi connectivity index (χ2n) is 7.52.